The number of nitrogen functional groups attached to an aromatic ring is 1. The second-order valence-corrected chi connectivity index (χ2v) is 5.54. The lowest BCUT2D eigenvalue weighted by Crippen LogP contribution is -2.37. The predicted molar refractivity (Wildman–Crippen MR) is 96.3 cm³/mol. The number of rotatable bonds is 5. The number of halogens is 2. The van der Waals surface area contributed by atoms with Crippen molar-refractivity contribution >= 4 is 40.9 Å². The van der Waals surface area contributed by atoms with E-state index in [1.807, 2.05) is 5.32 Å². The van der Waals surface area contributed by atoms with Gasteiger partial charge in [0.05, 0.1) is 23.5 Å². The van der Waals surface area contributed by atoms with E-state index in [1.165, 1.54) is 37.4 Å². The maximum absolute atomic E-state index is 13.4. The number of esters is 1. The largest absolute Gasteiger partial charge is 0.496 e. The Hall–Kier alpha value is -3.33. The van der Waals surface area contributed by atoms with Gasteiger partial charge in [-0.3, -0.25) is 10.1 Å². The zero-order valence-electron chi connectivity index (χ0n) is 14.0. The number of nitrogens with two attached hydrogens (primary N) is 1. The topological polar surface area (TPSA) is 120 Å². The summed E-state index contributed by atoms with van der Waals surface area (Å²) in [6.45, 7) is -0.755. The first kappa shape index (κ1) is 20.0. The molecule has 0 unspecified atom stereocenters. The Morgan fingerprint density at radius 1 is 1.22 bits per heavy atom. The van der Waals surface area contributed by atoms with Crippen LogP contribution < -0.4 is 21.1 Å². The fourth-order valence-corrected chi connectivity index (χ4v) is 2.15. The van der Waals surface area contributed by atoms with Gasteiger partial charge in [-0.1, -0.05) is 23.7 Å². The monoisotopic (exact) mass is 395 g/mol. The Labute approximate surface area is 158 Å². The number of amides is 3. The Bertz CT molecular complexity index is 891. The van der Waals surface area contributed by atoms with Gasteiger partial charge in [-0.2, -0.15) is 0 Å². The van der Waals surface area contributed by atoms with E-state index < -0.39 is 30.3 Å². The van der Waals surface area contributed by atoms with Gasteiger partial charge in [0.15, 0.2) is 6.61 Å². The van der Waals surface area contributed by atoms with Gasteiger partial charge in [0.2, 0.25) is 0 Å². The van der Waals surface area contributed by atoms with Crippen LogP contribution in [0.5, 0.6) is 5.75 Å². The van der Waals surface area contributed by atoms with Crippen molar-refractivity contribution in [1.82, 2.24) is 5.32 Å². The molecule has 0 aromatic heterocycles. The van der Waals surface area contributed by atoms with Gasteiger partial charge in [0.25, 0.3) is 5.91 Å². The Balaban J connectivity index is 1.92. The molecule has 4 N–H and O–H groups in total. The number of methoxy groups -OCH3 is 1. The molecule has 0 saturated heterocycles. The molecule has 8 nitrogen and oxygen atoms in total. The lowest BCUT2D eigenvalue weighted by atomic mass is 10.2. The molecular formula is C17H15ClFN3O5. The number of urea groups is 1. The molecule has 0 aliphatic heterocycles. The Kier molecular flexibility index (Phi) is 6.56. The van der Waals surface area contributed by atoms with Crippen LogP contribution in [0.2, 0.25) is 5.02 Å². The second kappa shape index (κ2) is 8.86. The second-order valence-electron chi connectivity index (χ2n) is 5.13. The van der Waals surface area contributed by atoms with Crippen molar-refractivity contribution in [2.75, 3.05) is 24.8 Å². The van der Waals surface area contributed by atoms with E-state index in [9.17, 15) is 18.8 Å². The number of hydrogen-bond acceptors (Lipinski definition) is 6. The highest BCUT2D eigenvalue weighted by atomic mass is 35.5. The summed E-state index contributed by atoms with van der Waals surface area (Å²) in [5.74, 6) is -2.38. The van der Waals surface area contributed by atoms with Gasteiger partial charge in [0.1, 0.15) is 17.1 Å². The summed E-state index contributed by atoms with van der Waals surface area (Å²) < 4.78 is 23.3. The lowest BCUT2D eigenvalue weighted by molar-refractivity contribution is -0.123. The molecule has 0 spiro atoms. The van der Waals surface area contributed by atoms with Gasteiger partial charge >= 0.3 is 12.0 Å². The van der Waals surface area contributed by atoms with Gasteiger partial charge in [-0.05, 0) is 18.2 Å². The normalized spacial score (nSPS) is 10.0. The van der Waals surface area contributed by atoms with Gasteiger partial charge in [-0.25, -0.2) is 14.0 Å². The van der Waals surface area contributed by atoms with Crippen LogP contribution in [0.25, 0.3) is 0 Å². The number of hydrogen-bond donors (Lipinski definition) is 3. The molecule has 2 aromatic carbocycles. The van der Waals surface area contributed by atoms with Crippen molar-refractivity contribution in [2.45, 2.75) is 0 Å². The number of ether oxygens (including phenoxy) is 2. The van der Waals surface area contributed by atoms with Crippen molar-refractivity contribution < 1.29 is 28.2 Å². The van der Waals surface area contributed by atoms with E-state index in [-0.39, 0.29) is 27.7 Å². The van der Waals surface area contributed by atoms with E-state index in [0.29, 0.717) is 0 Å². The third-order valence-electron chi connectivity index (χ3n) is 3.25. The summed E-state index contributed by atoms with van der Waals surface area (Å²) in [6.07, 6.45) is 0. The average molecular weight is 396 g/mol. The number of imide groups is 1. The molecule has 0 bridgehead atoms. The summed E-state index contributed by atoms with van der Waals surface area (Å²) >= 11 is 5.86. The molecule has 0 saturated carbocycles. The van der Waals surface area contributed by atoms with Crippen molar-refractivity contribution in [2.24, 2.45) is 0 Å². The molecule has 10 heteroatoms. The minimum absolute atomic E-state index is 0.0414. The molecule has 2 aromatic rings. The molecule has 27 heavy (non-hydrogen) atoms. The number of nitrogens with one attached hydrogen (secondary N) is 2. The van der Waals surface area contributed by atoms with Crippen LogP contribution in [0.3, 0.4) is 0 Å². The zero-order chi connectivity index (χ0) is 20.0. The zero-order valence-corrected chi connectivity index (χ0v) is 14.8. The first-order valence-corrected chi connectivity index (χ1v) is 7.85. The minimum Gasteiger partial charge on any atom is -0.496 e. The highest BCUT2D eigenvalue weighted by Crippen LogP contribution is 2.29. The summed E-state index contributed by atoms with van der Waals surface area (Å²) in [5.41, 5.74) is 5.67. The van der Waals surface area contributed by atoms with Crippen LogP contribution in [0, 0.1) is 5.82 Å². The number of anilines is 2. The lowest BCUT2D eigenvalue weighted by Gasteiger charge is -2.11. The van der Waals surface area contributed by atoms with E-state index in [0.717, 1.165) is 6.07 Å². The highest BCUT2D eigenvalue weighted by Gasteiger charge is 2.18. The first-order valence-electron chi connectivity index (χ1n) is 7.47. The molecule has 0 fully saturated rings. The number of carbonyl (C=O) groups is 3. The van der Waals surface area contributed by atoms with Crippen LogP contribution in [0.4, 0.5) is 20.6 Å². The van der Waals surface area contributed by atoms with Crippen LogP contribution in [0.1, 0.15) is 10.4 Å². The molecule has 142 valence electrons. The third kappa shape index (κ3) is 5.32. The first-order chi connectivity index (χ1) is 12.8. The number of para-hydroxylation sites is 1. The maximum Gasteiger partial charge on any atom is 0.342 e. The van der Waals surface area contributed by atoms with Crippen LogP contribution in [-0.2, 0) is 9.53 Å². The molecule has 3 amide bonds. The quantitative estimate of drug-likeness (QED) is 0.528. The Morgan fingerprint density at radius 2 is 1.93 bits per heavy atom. The minimum atomic E-state index is -0.978. The summed E-state index contributed by atoms with van der Waals surface area (Å²) in [6, 6.07) is 7.01. The molecule has 0 aliphatic rings. The molecule has 2 rings (SSSR count). The molecule has 0 heterocycles. The standard InChI is InChI=1S/C17H15ClFN3O5/c1-26-14-7-12(20)10(18)6-9(14)16(24)27-8-15(23)22-17(25)21-13-5-3-2-4-11(13)19/h2-7H,8,20H2,1H3,(H2,21,22,23,25). The molecular weight excluding hydrogens is 381 g/mol. The summed E-state index contributed by atoms with van der Waals surface area (Å²) in [5, 5.41) is 4.16. The third-order valence-corrected chi connectivity index (χ3v) is 3.58. The Morgan fingerprint density at radius 3 is 2.59 bits per heavy atom. The van der Waals surface area contributed by atoms with E-state index in [1.54, 1.807) is 0 Å². The van der Waals surface area contributed by atoms with Crippen molar-refractivity contribution in [3.8, 4) is 5.75 Å². The van der Waals surface area contributed by atoms with E-state index in [4.69, 9.17) is 26.8 Å². The van der Waals surface area contributed by atoms with Crippen LogP contribution >= 0.6 is 11.6 Å². The fraction of sp³-hybridized carbons (Fsp3) is 0.118. The highest BCUT2D eigenvalue weighted by molar-refractivity contribution is 6.33. The summed E-state index contributed by atoms with van der Waals surface area (Å²) in [7, 11) is 1.32. The molecule has 0 radical (unpaired) electrons. The van der Waals surface area contributed by atoms with Crippen LogP contribution in [0.15, 0.2) is 36.4 Å². The molecule has 0 atom stereocenters. The number of carbonyl (C=O) groups excluding carboxylic acids is 3. The van der Waals surface area contributed by atoms with Crippen LogP contribution in [-0.4, -0.2) is 31.6 Å². The smallest absolute Gasteiger partial charge is 0.342 e. The van der Waals surface area contributed by atoms with Crippen molar-refractivity contribution in [3.05, 3.63) is 52.8 Å². The van der Waals surface area contributed by atoms with Gasteiger partial charge in [0, 0.05) is 6.07 Å². The molecule has 0 aliphatic carbocycles. The van der Waals surface area contributed by atoms with Gasteiger partial charge < -0.3 is 20.5 Å². The van der Waals surface area contributed by atoms with E-state index >= 15 is 0 Å². The average Bonchev–Trinajstić information content (AvgIpc) is 2.63. The van der Waals surface area contributed by atoms with Crippen molar-refractivity contribution in [1.29, 1.82) is 0 Å². The maximum atomic E-state index is 13.4. The predicted octanol–water partition coefficient (Wildman–Crippen LogP) is 2.58. The SMILES string of the molecule is COc1cc(N)c(Cl)cc1C(=O)OCC(=O)NC(=O)Nc1ccccc1F. The van der Waals surface area contributed by atoms with E-state index in [2.05, 4.69) is 5.32 Å². The number of benzene rings is 2. The van der Waals surface area contributed by atoms with Gasteiger partial charge in [-0.15, -0.1) is 0 Å². The van der Waals surface area contributed by atoms with Crippen molar-refractivity contribution in [3.63, 3.8) is 0 Å². The summed E-state index contributed by atoms with van der Waals surface area (Å²) in [4.78, 5) is 35.5. The fourth-order valence-electron chi connectivity index (χ4n) is 1.99.